The Bertz CT molecular complexity index is 723. The van der Waals surface area contributed by atoms with Gasteiger partial charge in [-0.25, -0.2) is 4.98 Å². The monoisotopic (exact) mass is 360 g/mol. The summed E-state index contributed by atoms with van der Waals surface area (Å²) in [5.41, 5.74) is 0.360. The molecule has 1 aromatic heterocycles. The Morgan fingerprint density at radius 2 is 1.73 bits per heavy atom. The number of ether oxygens (including phenoxy) is 2. The number of pyridine rings is 1. The van der Waals surface area contributed by atoms with Gasteiger partial charge in [0, 0.05) is 6.07 Å². The van der Waals surface area contributed by atoms with Crippen molar-refractivity contribution in [2.24, 2.45) is 0 Å². The first-order valence-electron chi connectivity index (χ1n) is 6.01. The molecule has 0 saturated carbocycles. The van der Waals surface area contributed by atoms with Crippen molar-refractivity contribution in [3.63, 3.8) is 0 Å². The number of hydrogen-bond donors (Lipinski definition) is 1. The van der Waals surface area contributed by atoms with Crippen LogP contribution in [0.25, 0.3) is 0 Å². The van der Waals surface area contributed by atoms with Crippen LogP contribution in [0.15, 0.2) is 24.3 Å². The van der Waals surface area contributed by atoms with Gasteiger partial charge in [0.25, 0.3) is 5.91 Å². The molecule has 2 aromatic rings. The zero-order valence-electron chi connectivity index (χ0n) is 11.6. The van der Waals surface area contributed by atoms with Gasteiger partial charge in [0.15, 0.2) is 0 Å². The van der Waals surface area contributed by atoms with E-state index in [4.69, 9.17) is 44.3 Å². The lowest BCUT2D eigenvalue weighted by Crippen LogP contribution is -2.15. The fourth-order valence-electron chi connectivity index (χ4n) is 1.72. The Labute approximate surface area is 142 Å². The molecule has 1 aromatic carbocycles. The summed E-state index contributed by atoms with van der Waals surface area (Å²) in [5.74, 6) is 0.273. The fraction of sp³-hybridized carbons (Fsp3) is 0.143. The Morgan fingerprint density at radius 3 is 2.36 bits per heavy atom. The predicted molar refractivity (Wildman–Crippen MR) is 86.8 cm³/mol. The molecule has 0 fully saturated rings. The second-order valence-corrected chi connectivity index (χ2v) is 5.31. The summed E-state index contributed by atoms with van der Waals surface area (Å²) in [7, 11) is 2.94. The van der Waals surface area contributed by atoms with E-state index in [1.165, 1.54) is 32.4 Å². The molecule has 0 spiro atoms. The van der Waals surface area contributed by atoms with E-state index >= 15 is 0 Å². The highest BCUT2D eigenvalue weighted by Gasteiger charge is 2.17. The van der Waals surface area contributed by atoms with Crippen molar-refractivity contribution in [3.8, 4) is 11.5 Å². The molecule has 0 aliphatic heterocycles. The number of benzene rings is 1. The van der Waals surface area contributed by atoms with E-state index in [9.17, 15) is 4.79 Å². The summed E-state index contributed by atoms with van der Waals surface area (Å²) >= 11 is 17.8. The molecule has 2 rings (SSSR count). The van der Waals surface area contributed by atoms with Crippen molar-refractivity contribution in [2.45, 2.75) is 0 Å². The lowest BCUT2D eigenvalue weighted by molar-refractivity contribution is 0.102. The van der Waals surface area contributed by atoms with Gasteiger partial charge < -0.3 is 14.8 Å². The van der Waals surface area contributed by atoms with Gasteiger partial charge >= 0.3 is 0 Å². The smallest absolute Gasteiger partial charge is 0.275 e. The van der Waals surface area contributed by atoms with Gasteiger partial charge in [-0.2, -0.15) is 0 Å². The summed E-state index contributed by atoms with van der Waals surface area (Å²) in [5, 5.41) is 3.29. The van der Waals surface area contributed by atoms with E-state index in [2.05, 4.69) is 10.3 Å². The van der Waals surface area contributed by atoms with Crippen LogP contribution in [0.4, 0.5) is 5.69 Å². The first kappa shape index (κ1) is 16.7. The van der Waals surface area contributed by atoms with Crippen LogP contribution >= 0.6 is 34.8 Å². The first-order chi connectivity index (χ1) is 10.5. The fourth-order valence-corrected chi connectivity index (χ4v) is 2.30. The number of aromatic nitrogens is 1. The van der Waals surface area contributed by atoms with Crippen molar-refractivity contribution < 1.29 is 14.3 Å². The quantitative estimate of drug-likeness (QED) is 0.824. The number of methoxy groups -OCH3 is 2. The van der Waals surface area contributed by atoms with Crippen LogP contribution in [0.2, 0.25) is 15.2 Å². The van der Waals surface area contributed by atoms with Crippen LogP contribution in [0.1, 0.15) is 10.5 Å². The molecule has 1 heterocycles. The van der Waals surface area contributed by atoms with E-state index in [1.807, 2.05) is 0 Å². The van der Waals surface area contributed by atoms with E-state index in [0.29, 0.717) is 22.2 Å². The highest BCUT2D eigenvalue weighted by Crippen LogP contribution is 2.36. The minimum absolute atomic E-state index is 0.00293. The van der Waals surface area contributed by atoms with E-state index in [-0.39, 0.29) is 15.9 Å². The number of nitrogens with zero attached hydrogens (tertiary/aromatic N) is 1. The number of halogens is 3. The van der Waals surface area contributed by atoms with E-state index < -0.39 is 5.91 Å². The minimum Gasteiger partial charge on any atom is -0.495 e. The second kappa shape index (κ2) is 7.05. The van der Waals surface area contributed by atoms with Crippen LogP contribution in [-0.2, 0) is 0 Å². The average Bonchev–Trinajstić information content (AvgIpc) is 2.50. The number of amides is 1. The molecule has 1 N–H and O–H groups in total. The topological polar surface area (TPSA) is 60.5 Å². The van der Waals surface area contributed by atoms with Crippen molar-refractivity contribution in [1.29, 1.82) is 0 Å². The van der Waals surface area contributed by atoms with Gasteiger partial charge in [0.2, 0.25) is 0 Å². The van der Waals surface area contributed by atoms with Crippen molar-refractivity contribution in [3.05, 3.63) is 45.2 Å². The average molecular weight is 362 g/mol. The molecule has 0 atom stereocenters. The Hall–Kier alpha value is -1.69. The second-order valence-electron chi connectivity index (χ2n) is 4.11. The summed E-state index contributed by atoms with van der Waals surface area (Å²) in [6, 6.07) is 6.05. The van der Waals surface area contributed by atoms with Gasteiger partial charge in [-0.15, -0.1) is 0 Å². The van der Waals surface area contributed by atoms with Crippen LogP contribution < -0.4 is 14.8 Å². The molecule has 1 amide bonds. The zero-order valence-corrected chi connectivity index (χ0v) is 13.9. The van der Waals surface area contributed by atoms with Crippen molar-refractivity contribution >= 4 is 46.4 Å². The summed E-state index contributed by atoms with van der Waals surface area (Å²) in [6.45, 7) is 0. The largest absolute Gasteiger partial charge is 0.495 e. The third-order valence-corrected chi connectivity index (χ3v) is 3.56. The molecule has 0 saturated heterocycles. The van der Waals surface area contributed by atoms with Crippen LogP contribution in [-0.4, -0.2) is 25.1 Å². The zero-order chi connectivity index (χ0) is 16.3. The first-order valence-corrected chi connectivity index (χ1v) is 7.14. The molecule has 116 valence electrons. The number of hydrogen-bond acceptors (Lipinski definition) is 4. The normalized spacial score (nSPS) is 10.2. The van der Waals surface area contributed by atoms with Gasteiger partial charge in [-0.3, -0.25) is 4.79 Å². The Kier molecular flexibility index (Phi) is 5.34. The maximum Gasteiger partial charge on any atom is 0.275 e. The molecule has 0 radical (unpaired) electrons. The van der Waals surface area contributed by atoms with Gasteiger partial charge in [-0.1, -0.05) is 34.8 Å². The number of nitrogens with one attached hydrogen (secondary N) is 1. The maximum absolute atomic E-state index is 12.3. The molecule has 5 nitrogen and oxygen atoms in total. The maximum atomic E-state index is 12.3. The van der Waals surface area contributed by atoms with Gasteiger partial charge in [-0.05, 0) is 18.2 Å². The van der Waals surface area contributed by atoms with Crippen LogP contribution in [0.3, 0.4) is 0 Å². The molecule has 8 heteroatoms. The van der Waals surface area contributed by atoms with Gasteiger partial charge in [0.05, 0.1) is 30.0 Å². The highest BCUT2D eigenvalue weighted by atomic mass is 35.5. The van der Waals surface area contributed by atoms with Crippen LogP contribution in [0.5, 0.6) is 11.5 Å². The molecule has 22 heavy (non-hydrogen) atoms. The standard InChI is InChI=1S/C14H11Cl3N2O3/c1-21-10-6-11(22-2)9(5-8(10)16)18-14(20)13-7(15)3-4-12(17)19-13/h3-6H,1-2H3,(H,18,20). The predicted octanol–water partition coefficient (Wildman–Crippen LogP) is 4.31. The summed E-state index contributed by atoms with van der Waals surface area (Å²) in [4.78, 5) is 16.2. The van der Waals surface area contributed by atoms with Gasteiger partial charge in [0.1, 0.15) is 22.3 Å². The SMILES string of the molecule is COc1cc(OC)c(NC(=O)c2nc(Cl)ccc2Cl)cc1Cl. The Morgan fingerprint density at radius 1 is 1.05 bits per heavy atom. The summed E-state index contributed by atoms with van der Waals surface area (Å²) < 4.78 is 10.3. The van der Waals surface area contributed by atoms with E-state index in [1.54, 1.807) is 6.07 Å². The third-order valence-electron chi connectivity index (χ3n) is 2.75. The number of carbonyl (C=O) groups excluding carboxylic acids is 1. The lowest BCUT2D eigenvalue weighted by Gasteiger charge is -2.13. The van der Waals surface area contributed by atoms with E-state index in [0.717, 1.165) is 0 Å². The molecular weight excluding hydrogens is 351 g/mol. The number of carbonyl (C=O) groups is 1. The molecule has 0 unspecified atom stereocenters. The number of rotatable bonds is 4. The third kappa shape index (κ3) is 3.55. The highest BCUT2D eigenvalue weighted by molar-refractivity contribution is 6.35. The van der Waals surface area contributed by atoms with Crippen molar-refractivity contribution in [2.75, 3.05) is 19.5 Å². The van der Waals surface area contributed by atoms with Crippen LogP contribution in [0, 0.1) is 0 Å². The number of anilines is 1. The minimum atomic E-state index is -0.535. The molecule has 0 aliphatic rings. The lowest BCUT2D eigenvalue weighted by atomic mass is 10.2. The summed E-state index contributed by atoms with van der Waals surface area (Å²) in [6.07, 6.45) is 0. The molecule has 0 aliphatic carbocycles. The molecular formula is C14H11Cl3N2O3. The molecule has 0 bridgehead atoms. The van der Waals surface area contributed by atoms with Crippen molar-refractivity contribution in [1.82, 2.24) is 4.98 Å². The Balaban J connectivity index is 2.36.